The summed E-state index contributed by atoms with van der Waals surface area (Å²) in [5, 5.41) is 21.7. The average molecular weight is 474 g/mol. The summed E-state index contributed by atoms with van der Waals surface area (Å²) >= 11 is 7.11. The summed E-state index contributed by atoms with van der Waals surface area (Å²) in [7, 11) is -4.16. The van der Waals surface area contributed by atoms with Gasteiger partial charge in [-0.1, -0.05) is 11.6 Å². The van der Waals surface area contributed by atoms with E-state index in [-0.39, 0.29) is 12.2 Å². The fourth-order valence-corrected chi connectivity index (χ4v) is 4.24. The maximum atomic E-state index is 11.0. The zero-order valence-electron chi connectivity index (χ0n) is 15.1. The van der Waals surface area contributed by atoms with E-state index in [9.17, 15) is 13.5 Å². The highest BCUT2D eigenvalue weighted by atomic mass is 35.5. The smallest absolute Gasteiger partial charge is 0.333 e. The summed E-state index contributed by atoms with van der Waals surface area (Å²) in [5.41, 5.74) is 6.44. The molecule has 12 nitrogen and oxygen atoms in total. The van der Waals surface area contributed by atoms with Crippen LogP contribution in [0, 0.1) is 0 Å². The number of ether oxygens (including phenoxy) is 1. The van der Waals surface area contributed by atoms with Crippen LogP contribution in [0.2, 0.25) is 5.02 Å². The minimum absolute atomic E-state index is 0.128. The van der Waals surface area contributed by atoms with E-state index in [2.05, 4.69) is 24.2 Å². The van der Waals surface area contributed by atoms with E-state index in [0.29, 0.717) is 26.1 Å². The normalized spacial score (nSPS) is 22.0. The second kappa shape index (κ2) is 8.22. The Labute approximate surface area is 179 Å². The molecule has 0 amide bonds. The van der Waals surface area contributed by atoms with Gasteiger partial charge < -0.3 is 15.6 Å². The third-order valence-corrected chi connectivity index (χ3v) is 5.88. The van der Waals surface area contributed by atoms with Crippen molar-refractivity contribution >= 4 is 50.5 Å². The SMILES string of the molecule is Nc1ncnc2c1c(Sc1ccc(Cl)cn1)nn2[C@H]1C[C@H](O)[C@@H](COS(N)(=O)=O)O1. The predicted octanol–water partition coefficient (Wildman–Crippen LogP) is 0.477. The first-order valence-corrected chi connectivity index (χ1v) is 11.2. The summed E-state index contributed by atoms with van der Waals surface area (Å²) in [4.78, 5) is 12.5. The Kier molecular flexibility index (Phi) is 5.80. The molecule has 1 aliphatic rings. The number of nitrogens with zero attached hydrogens (tertiary/aromatic N) is 5. The van der Waals surface area contributed by atoms with Crippen molar-refractivity contribution in [3.05, 3.63) is 29.7 Å². The number of anilines is 1. The molecule has 15 heteroatoms. The van der Waals surface area contributed by atoms with Crippen LogP contribution in [0.1, 0.15) is 12.6 Å². The second-order valence-corrected chi connectivity index (χ2v) is 9.00. The molecule has 3 atom stereocenters. The zero-order valence-corrected chi connectivity index (χ0v) is 17.5. The van der Waals surface area contributed by atoms with E-state index in [1.54, 1.807) is 12.1 Å². The number of aliphatic hydroxyl groups excluding tert-OH is 1. The van der Waals surface area contributed by atoms with Gasteiger partial charge in [-0.05, 0) is 23.9 Å². The number of hydrogen-bond acceptors (Lipinski definition) is 11. The lowest BCUT2D eigenvalue weighted by molar-refractivity contribution is -0.0415. The van der Waals surface area contributed by atoms with Gasteiger partial charge in [-0.2, -0.15) is 13.5 Å². The number of aromatic nitrogens is 5. The van der Waals surface area contributed by atoms with Crippen molar-refractivity contribution in [2.75, 3.05) is 12.3 Å². The van der Waals surface area contributed by atoms with Gasteiger partial charge in [-0.15, -0.1) is 0 Å². The molecule has 1 saturated heterocycles. The van der Waals surface area contributed by atoms with Crippen LogP contribution < -0.4 is 10.9 Å². The van der Waals surface area contributed by atoms with Gasteiger partial charge in [0, 0.05) is 12.6 Å². The molecular formula is C15H16ClN7O5S2. The number of fused-ring (bicyclic) bond motifs is 1. The topological polar surface area (TPSA) is 181 Å². The van der Waals surface area contributed by atoms with Gasteiger partial charge in [0.25, 0.3) is 0 Å². The van der Waals surface area contributed by atoms with E-state index >= 15 is 0 Å². The summed E-state index contributed by atoms with van der Waals surface area (Å²) in [6.45, 7) is -0.427. The monoisotopic (exact) mass is 473 g/mol. The Hall–Kier alpha value is -2.07. The molecule has 4 heterocycles. The molecule has 0 bridgehead atoms. The van der Waals surface area contributed by atoms with E-state index in [0.717, 1.165) is 0 Å². The number of nitrogens with two attached hydrogens (primary N) is 2. The highest BCUT2D eigenvalue weighted by Gasteiger charge is 2.38. The molecule has 0 unspecified atom stereocenters. The molecule has 0 aliphatic carbocycles. The highest BCUT2D eigenvalue weighted by molar-refractivity contribution is 7.99. The molecule has 0 saturated carbocycles. The fourth-order valence-electron chi connectivity index (χ4n) is 2.93. The molecule has 0 radical (unpaired) electrons. The molecule has 1 aliphatic heterocycles. The predicted molar refractivity (Wildman–Crippen MR) is 107 cm³/mol. The number of aliphatic hydroxyl groups is 1. The molecule has 0 spiro atoms. The lowest BCUT2D eigenvalue weighted by Gasteiger charge is -2.14. The molecular weight excluding hydrogens is 458 g/mol. The van der Waals surface area contributed by atoms with Gasteiger partial charge >= 0.3 is 10.3 Å². The number of hydrogen-bond donors (Lipinski definition) is 3. The Morgan fingerprint density at radius 1 is 1.37 bits per heavy atom. The van der Waals surface area contributed by atoms with Crippen LogP contribution in [0.25, 0.3) is 11.0 Å². The fraction of sp³-hybridized carbons (Fsp3) is 0.333. The molecule has 5 N–H and O–H groups in total. The van der Waals surface area contributed by atoms with Crippen molar-refractivity contribution in [1.82, 2.24) is 24.7 Å². The molecule has 4 rings (SSSR count). The second-order valence-electron chi connectivity index (χ2n) is 6.33. The van der Waals surface area contributed by atoms with Crippen molar-refractivity contribution in [2.24, 2.45) is 5.14 Å². The first-order chi connectivity index (χ1) is 14.2. The van der Waals surface area contributed by atoms with Gasteiger partial charge in [0.05, 0.1) is 23.1 Å². The van der Waals surface area contributed by atoms with Crippen LogP contribution in [0.3, 0.4) is 0 Å². The highest BCUT2D eigenvalue weighted by Crippen LogP contribution is 2.37. The largest absolute Gasteiger partial charge is 0.390 e. The number of nitrogen functional groups attached to an aromatic ring is 1. The Morgan fingerprint density at radius 2 is 2.17 bits per heavy atom. The zero-order chi connectivity index (χ0) is 21.5. The van der Waals surface area contributed by atoms with Gasteiger partial charge in [0.1, 0.15) is 28.3 Å². The minimum atomic E-state index is -4.16. The van der Waals surface area contributed by atoms with Crippen LogP contribution in [0.5, 0.6) is 0 Å². The third kappa shape index (κ3) is 4.49. The summed E-state index contributed by atoms with van der Waals surface area (Å²) < 4.78 is 33.8. The summed E-state index contributed by atoms with van der Waals surface area (Å²) in [5.74, 6) is 0.218. The maximum absolute atomic E-state index is 11.0. The van der Waals surface area contributed by atoms with Crippen LogP contribution in [0.4, 0.5) is 5.82 Å². The van der Waals surface area contributed by atoms with Crippen molar-refractivity contribution in [3.8, 4) is 0 Å². The van der Waals surface area contributed by atoms with Crippen molar-refractivity contribution in [3.63, 3.8) is 0 Å². The number of halogens is 1. The summed E-state index contributed by atoms with van der Waals surface area (Å²) in [6.07, 6.45) is 0.277. The molecule has 30 heavy (non-hydrogen) atoms. The quantitative estimate of drug-likeness (QED) is 0.452. The third-order valence-electron chi connectivity index (χ3n) is 4.26. The van der Waals surface area contributed by atoms with Crippen LogP contribution in [0.15, 0.2) is 34.7 Å². The molecule has 3 aromatic rings. The van der Waals surface area contributed by atoms with Gasteiger partial charge in [0.15, 0.2) is 11.9 Å². The van der Waals surface area contributed by atoms with Gasteiger partial charge in [0.2, 0.25) is 0 Å². The lowest BCUT2D eigenvalue weighted by Crippen LogP contribution is -2.30. The van der Waals surface area contributed by atoms with Crippen LogP contribution >= 0.6 is 23.4 Å². The molecule has 160 valence electrons. The van der Waals surface area contributed by atoms with E-state index in [4.69, 9.17) is 27.2 Å². The average Bonchev–Trinajstić information content (AvgIpc) is 3.23. The van der Waals surface area contributed by atoms with Gasteiger partial charge in [-0.25, -0.2) is 24.8 Å². The number of pyridine rings is 1. The Balaban J connectivity index is 1.65. The van der Waals surface area contributed by atoms with Crippen molar-refractivity contribution in [1.29, 1.82) is 0 Å². The molecule has 1 fully saturated rings. The number of rotatable bonds is 6. The van der Waals surface area contributed by atoms with E-state index in [1.807, 2.05) is 0 Å². The van der Waals surface area contributed by atoms with Crippen LogP contribution in [-0.2, 0) is 19.2 Å². The van der Waals surface area contributed by atoms with Crippen molar-refractivity contribution in [2.45, 2.75) is 34.9 Å². The van der Waals surface area contributed by atoms with Crippen LogP contribution in [-0.4, -0.2) is 57.1 Å². The van der Waals surface area contributed by atoms with Crippen molar-refractivity contribution < 1.29 is 22.4 Å². The maximum Gasteiger partial charge on any atom is 0.333 e. The first kappa shape index (κ1) is 21.2. The van der Waals surface area contributed by atoms with E-state index < -0.39 is 35.3 Å². The Morgan fingerprint density at radius 3 is 2.87 bits per heavy atom. The summed E-state index contributed by atoms with van der Waals surface area (Å²) in [6, 6.07) is 3.43. The minimum Gasteiger partial charge on any atom is -0.390 e. The van der Waals surface area contributed by atoms with E-state index in [1.165, 1.54) is 29.0 Å². The molecule has 0 aromatic carbocycles. The standard InChI is InChI=1S/C15H16ClN7O5S2/c16-7-1-2-10(19-4-7)29-15-12-13(17)20-6-21-14(12)23(22-15)11-3-8(24)9(28-11)5-27-30(18,25)26/h1-2,4,6,8-9,11,24H,3,5H2,(H2,17,20,21)(H2,18,25,26)/t8-,9+,11+/m0/s1. The Bertz CT molecular complexity index is 1170. The lowest BCUT2D eigenvalue weighted by atomic mass is 10.2. The van der Waals surface area contributed by atoms with Gasteiger partial charge in [-0.3, -0.25) is 4.18 Å². The molecule has 3 aromatic heterocycles. The first-order valence-electron chi connectivity index (χ1n) is 8.50.